The average molecular weight is 374 g/mol. The molecule has 0 radical (unpaired) electrons. The Bertz CT molecular complexity index is 895. The molecule has 4 heterocycles. The molecule has 0 saturated carbocycles. The highest BCUT2D eigenvalue weighted by Gasteiger charge is 2.10. The van der Waals surface area contributed by atoms with Crippen molar-refractivity contribution in [2.45, 2.75) is 6.42 Å². The molecule has 4 aromatic rings. The summed E-state index contributed by atoms with van der Waals surface area (Å²) in [7, 11) is 0. The Morgan fingerprint density at radius 3 is 1.78 bits per heavy atom. The largest absolute Gasteiger partial charge is 0.330 e. The Kier molecular flexibility index (Phi) is 4.46. The van der Waals surface area contributed by atoms with E-state index in [-0.39, 0.29) is 0 Å². The predicted molar refractivity (Wildman–Crippen MR) is 107 cm³/mol. The summed E-state index contributed by atoms with van der Waals surface area (Å²) in [5, 5.41) is 2.13. The van der Waals surface area contributed by atoms with Gasteiger partial charge in [-0.15, -0.1) is 45.3 Å². The third-order valence-electron chi connectivity index (χ3n) is 3.51. The third kappa shape index (κ3) is 3.20. The van der Waals surface area contributed by atoms with E-state index in [1.54, 1.807) is 11.3 Å². The highest BCUT2D eigenvalue weighted by atomic mass is 32.1. The Balaban J connectivity index is 1.60. The van der Waals surface area contributed by atoms with Gasteiger partial charge in [-0.1, -0.05) is 6.07 Å². The van der Waals surface area contributed by atoms with Gasteiger partial charge in [0.2, 0.25) is 0 Å². The first-order valence-electron chi connectivity index (χ1n) is 7.36. The zero-order valence-electron chi connectivity index (χ0n) is 12.3. The van der Waals surface area contributed by atoms with Crippen LogP contribution in [0.3, 0.4) is 0 Å². The SMILES string of the molecule is NCCc1ccc(-c2ccc(-c3ccc(-c4cccs4)s3)s2)s1. The summed E-state index contributed by atoms with van der Waals surface area (Å²) in [5.74, 6) is 0. The van der Waals surface area contributed by atoms with Gasteiger partial charge in [0.25, 0.3) is 0 Å². The second-order valence-corrected chi connectivity index (χ2v) is 9.39. The molecular formula is C18H15NS4. The Morgan fingerprint density at radius 1 is 0.652 bits per heavy atom. The summed E-state index contributed by atoms with van der Waals surface area (Å²) in [4.78, 5) is 9.46. The fraction of sp³-hybridized carbons (Fsp3) is 0.111. The molecule has 5 heteroatoms. The fourth-order valence-electron chi connectivity index (χ4n) is 2.41. The van der Waals surface area contributed by atoms with Crippen LogP contribution < -0.4 is 5.73 Å². The zero-order chi connectivity index (χ0) is 15.6. The number of hydrogen-bond donors (Lipinski definition) is 1. The molecular weight excluding hydrogens is 358 g/mol. The molecule has 2 N–H and O–H groups in total. The minimum Gasteiger partial charge on any atom is -0.330 e. The van der Waals surface area contributed by atoms with Crippen molar-refractivity contribution >= 4 is 45.3 Å². The first-order chi connectivity index (χ1) is 11.3. The van der Waals surface area contributed by atoms with Crippen LogP contribution in [0.4, 0.5) is 0 Å². The van der Waals surface area contributed by atoms with Crippen LogP contribution in [0, 0.1) is 0 Å². The molecule has 4 rings (SSSR count). The minimum atomic E-state index is 0.719. The molecule has 0 fully saturated rings. The molecule has 0 amide bonds. The van der Waals surface area contributed by atoms with E-state index >= 15 is 0 Å². The second kappa shape index (κ2) is 6.71. The molecule has 1 nitrogen and oxygen atoms in total. The first-order valence-corrected chi connectivity index (χ1v) is 10.7. The third-order valence-corrected chi connectivity index (χ3v) is 8.29. The predicted octanol–water partition coefficient (Wildman–Crippen LogP) is 6.43. The van der Waals surface area contributed by atoms with Gasteiger partial charge in [-0.25, -0.2) is 0 Å². The topological polar surface area (TPSA) is 26.0 Å². The van der Waals surface area contributed by atoms with E-state index in [1.165, 1.54) is 34.1 Å². The van der Waals surface area contributed by atoms with E-state index in [2.05, 4.69) is 53.9 Å². The van der Waals surface area contributed by atoms with Gasteiger partial charge in [-0.2, -0.15) is 0 Å². The quantitative estimate of drug-likeness (QED) is 0.428. The summed E-state index contributed by atoms with van der Waals surface area (Å²) < 4.78 is 0. The lowest BCUT2D eigenvalue weighted by Crippen LogP contribution is -2.00. The molecule has 0 atom stereocenters. The Morgan fingerprint density at radius 2 is 1.22 bits per heavy atom. The van der Waals surface area contributed by atoms with Crippen LogP contribution >= 0.6 is 45.3 Å². The van der Waals surface area contributed by atoms with Crippen molar-refractivity contribution < 1.29 is 0 Å². The smallest absolute Gasteiger partial charge is 0.0449 e. The summed E-state index contributed by atoms with van der Waals surface area (Å²) in [6.45, 7) is 0.719. The van der Waals surface area contributed by atoms with Crippen LogP contribution in [0.15, 0.2) is 53.9 Å². The molecule has 0 bridgehead atoms. The zero-order valence-corrected chi connectivity index (χ0v) is 15.6. The maximum atomic E-state index is 5.64. The molecule has 0 saturated heterocycles. The van der Waals surface area contributed by atoms with Crippen LogP contribution in [0.1, 0.15) is 4.88 Å². The van der Waals surface area contributed by atoms with Crippen molar-refractivity contribution in [3.63, 3.8) is 0 Å². The van der Waals surface area contributed by atoms with Crippen LogP contribution in [0.2, 0.25) is 0 Å². The van der Waals surface area contributed by atoms with Crippen molar-refractivity contribution in [2.75, 3.05) is 6.54 Å². The highest BCUT2D eigenvalue weighted by molar-refractivity contribution is 7.28. The van der Waals surface area contributed by atoms with Gasteiger partial charge in [-0.3, -0.25) is 0 Å². The maximum absolute atomic E-state index is 5.64. The first kappa shape index (κ1) is 15.3. The van der Waals surface area contributed by atoms with Crippen LogP contribution in [-0.2, 0) is 6.42 Å². The molecule has 23 heavy (non-hydrogen) atoms. The lowest BCUT2D eigenvalue weighted by atomic mass is 10.3. The van der Waals surface area contributed by atoms with Crippen LogP contribution in [0.25, 0.3) is 29.3 Å². The van der Waals surface area contributed by atoms with Crippen molar-refractivity contribution in [2.24, 2.45) is 5.73 Å². The number of rotatable bonds is 5. The summed E-state index contributed by atoms with van der Waals surface area (Å²) in [6.07, 6.45) is 0.970. The van der Waals surface area contributed by atoms with Crippen LogP contribution in [-0.4, -0.2) is 6.54 Å². The average Bonchev–Trinajstić information content (AvgIpc) is 3.31. The van der Waals surface area contributed by atoms with E-state index in [4.69, 9.17) is 5.73 Å². The van der Waals surface area contributed by atoms with E-state index in [0.29, 0.717) is 0 Å². The molecule has 116 valence electrons. The van der Waals surface area contributed by atoms with Crippen molar-refractivity contribution in [3.8, 4) is 29.3 Å². The number of thiophene rings is 4. The standard InChI is InChI=1S/C18H15NS4/c19-10-9-12-3-4-15(21-12)16-7-8-18(23-16)17-6-5-14(22-17)13-2-1-11-20-13/h1-8,11H,9-10,19H2. The van der Waals surface area contributed by atoms with Gasteiger partial charge in [0.15, 0.2) is 0 Å². The maximum Gasteiger partial charge on any atom is 0.0449 e. The van der Waals surface area contributed by atoms with E-state index in [0.717, 1.165) is 13.0 Å². The molecule has 0 aliphatic rings. The van der Waals surface area contributed by atoms with E-state index < -0.39 is 0 Å². The normalized spacial score (nSPS) is 11.2. The van der Waals surface area contributed by atoms with Gasteiger partial charge < -0.3 is 5.73 Å². The summed E-state index contributed by atoms with van der Waals surface area (Å²) >= 11 is 7.40. The summed E-state index contributed by atoms with van der Waals surface area (Å²) in [6, 6.07) is 17.7. The van der Waals surface area contributed by atoms with Gasteiger partial charge in [0.1, 0.15) is 0 Å². The van der Waals surface area contributed by atoms with Gasteiger partial charge >= 0.3 is 0 Å². The Hall–Kier alpha value is -1.24. The molecule has 0 aromatic carbocycles. The second-order valence-electron chi connectivity index (χ2n) is 5.11. The molecule has 0 unspecified atom stereocenters. The fourth-order valence-corrected chi connectivity index (χ4v) is 6.46. The molecule has 0 spiro atoms. The molecule has 4 aromatic heterocycles. The van der Waals surface area contributed by atoms with Crippen molar-refractivity contribution in [3.05, 3.63) is 58.8 Å². The van der Waals surface area contributed by atoms with Crippen molar-refractivity contribution in [1.82, 2.24) is 0 Å². The van der Waals surface area contributed by atoms with E-state index in [1.807, 2.05) is 34.0 Å². The summed E-state index contributed by atoms with van der Waals surface area (Å²) in [5.41, 5.74) is 5.64. The number of nitrogens with two attached hydrogens (primary N) is 1. The monoisotopic (exact) mass is 373 g/mol. The Labute approximate surface area is 151 Å². The molecule has 0 aliphatic carbocycles. The van der Waals surface area contributed by atoms with Gasteiger partial charge in [-0.05, 0) is 60.8 Å². The van der Waals surface area contributed by atoms with Gasteiger partial charge in [0.05, 0.1) is 0 Å². The van der Waals surface area contributed by atoms with Crippen LogP contribution in [0.5, 0.6) is 0 Å². The lowest BCUT2D eigenvalue weighted by molar-refractivity contribution is 0.989. The lowest BCUT2D eigenvalue weighted by Gasteiger charge is -1.92. The minimum absolute atomic E-state index is 0.719. The van der Waals surface area contributed by atoms with E-state index in [9.17, 15) is 0 Å². The number of hydrogen-bond acceptors (Lipinski definition) is 5. The highest BCUT2D eigenvalue weighted by Crippen LogP contribution is 2.42. The van der Waals surface area contributed by atoms with Gasteiger partial charge in [0, 0.05) is 34.1 Å². The molecule has 0 aliphatic heterocycles. The van der Waals surface area contributed by atoms with Crippen molar-refractivity contribution in [1.29, 1.82) is 0 Å².